The zero-order valence-corrected chi connectivity index (χ0v) is 11.1. The summed E-state index contributed by atoms with van der Waals surface area (Å²) >= 11 is 3.36. The number of rotatable bonds is 2. The molecular formula is C12H18BrN3. The van der Waals surface area contributed by atoms with Crippen molar-refractivity contribution in [3.8, 4) is 0 Å². The Balaban J connectivity index is 2.07. The van der Waals surface area contributed by atoms with E-state index in [1.54, 1.807) is 6.20 Å². The van der Waals surface area contributed by atoms with Gasteiger partial charge in [0, 0.05) is 16.7 Å². The summed E-state index contributed by atoms with van der Waals surface area (Å²) in [4.78, 5) is 4.32. The van der Waals surface area contributed by atoms with Crippen LogP contribution in [0, 0.1) is 5.92 Å². The molecule has 2 rings (SSSR count). The quantitative estimate of drug-likeness (QED) is 0.875. The van der Waals surface area contributed by atoms with E-state index >= 15 is 0 Å². The number of aromatic nitrogens is 1. The topological polar surface area (TPSA) is 50.9 Å². The first-order valence-corrected chi connectivity index (χ1v) is 6.63. The number of anilines is 2. The predicted octanol–water partition coefficient (Wildman–Crippen LogP) is 3.42. The maximum Gasteiger partial charge on any atom is 0.149 e. The summed E-state index contributed by atoms with van der Waals surface area (Å²) in [5.74, 6) is 1.53. The van der Waals surface area contributed by atoms with Gasteiger partial charge in [-0.1, -0.05) is 19.8 Å². The zero-order chi connectivity index (χ0) is 11.5. The Labute approximate surface area is 105 Å². The van der Waals surface area contributed by atoms with Crippen LogP contribution in [0.4, 0.5) is 11.5 Å². The van der Waals surface area contributed by atoms with Gasteiger partial charge in [0.1, 0.15) is 5.82 Å². The SMILES string of the molecule is CC1CCCCC1Nc1ncc(Br)cc1N. The lowest BCUT2D eigenvalue weighted by atomic mass is 9.86. The minimum absolute atomic E-state index is 0.518. The van der Waals surface area contributed by atoms with E-state index in [1.807, 2.05) is 6.07 Å². The Morgan fingerprint density at radius 2 is 2.19 bits per heavy atom. The van der Waals surface area contributed by atoms with Crippen LogP contribution in [0.1, 0.15) is 32.6 Å². The minimum atomic E-state index is 0.518. The van der Waals surface area contributed by atoms with Crippen molar-refractivity contribution >= 4 is 27.4 Å². The molecule has 0 aliphatic heterocycles. The fourth-order valence-corrected chi connectivity index (χ4v) is 2.63. The third-order valence-electron chi connectivity index (χ3n) is 3.32. The molecule has 0 radical (unpaired) electrons. The molecule has 0 aromatic carbocycles. The van der Waals surface area contributed by atoms with Gasteiger partial charge in [0.2, 0.25) is 0 Å². The molecule has 88 valence electrons. The van der Waals surface area contributed by atoms with Crippen molar-refractivity contribution in [2.24, 2.45) is 5.92 Å². The van der Waals surface area contributed by atoms with Gasteiger partial charge in [0.05, 0.1) is 5.69 Å². The summed E-state index contributed by atoms with van der Waals surface area (Å²) in [5, 5.41) is 3.47. The highest BCUT2D eigenvalue weighted by atomic mass is 79.9. The van der Waals surface area contributed by atoms with Crippen LogP contribution < -0.4 is 11.1 Å². The Morgan fingerprint density at radius 1 is 1.44 bits per heavy atom. The van der Waals surface area contributed by atoms with E-state index in [1.165, 1.54) is 25.7 Å². The second kappa shape index (κ2) is 5.04. The summed E-state index contributed by atoms with van der Waals surface area (Å²) in [6.07, 6.45) is 6.96. The summed E-state index contributed by atoms with van der Waals surface area (Å²) < 4.78 is 0.923. The average molecular weight is 284 g/mol. The molecule has 2 unspecified atom stereocenters. The Hall–Kier alpha value is -0.770. The van der Waals surface area contributed by atoms with Crippen LogP contribution in [0.5, 0.6) is 0 Å². The first kappa shape index (κ1) is 11.7. The minimum Gasteiger partial charge on any atom is -0.396 e. The lowest BCUT2D eigenvalue weighted by Crippen LogP contribution is -2.31. The maximum atomic E-state index is 5.93. The number of nitrogens with two attached hydrogens (primary N) is 1. The lowest BCUT2D eigenvalue weighted by molar-refractivity contribution is 0.349. The second-order valence-corrected chi connectivity index (χ2v) is 5.52. The number of nitrogens with zero attached hydrogens (tertiary/aromatic N) is 1. The van der Waals surface area contributed by atoms with E-state index in [-0.39, 0.29) is 0 Å². The molecule has 0 bridgehead atoms. The largest absolute Gasteiger partial charge is 0.396 e. The molecule has 4 heteroatoms. The van der Waals surface area contributed by atoms with Crippen LogP contribution in [0.2, 0.25) is 0 Å². The summed E-state index contributed by atoms with van der Waals surface area (Å²) in [7, 11) is 0. The number of hydrogen-bond acceptors (Lipinski definition) is 3. The predicted molar refractivity (Wildman–Crippen MR) is 71.4 cm³/mol. The molecule has 1 aromatic heterocycles. The molecule has 0 amide bonds. The highest BCUT2D eigenvalue weighted by Gasteiger charge is 2.21. The van der Waals surface area contributed by atoms with Gasteiger partial charge in [-0.15, -0.1) is 0 Å². The van der Waals surface area contributed by atoms with E-state index in [4.69, 9.17) is 5.73 Å². The summed E-state index contributed by atoms with van der Waals surface area (Å²) in [5.41, 5.74) is 6.64. The van der Waals surface area contributed by atoms with Crippen molar-refractivity contribution in [1.29, 1.82) is 0 Å². The smallest absolute Gasteiger partial charge is 0.149 e. The Morgan fingerprint density at radius 3 is 2.88 bits per heavy atom. The van der Waals surface area contributed by atoms with Gasteiger partial charge in [-0.25, -0.2) is 4.98 Å². The summed E-state index contributed by atoms with van der Waals surface area (Å²) in [6, 6.07) is 2.41. The average Bonchev–Trinajstić information content (AvgIpc) is 2.25. The normalized spacial score (nSPS) is 25.4. The molecule has 1 aromatic rings. The van der Waals surface area contributed by atoms with Crippen LogP contribution in [-0.4, -0.2) is 11.0 Å². The van der Waals surface area contributed by atoms with Gasteiger partial charge in [0.15, 0.2) is 0 Å². The first-order valence-electron chi connectivity index (χ1n) is 5.84. The van der Waals surface area contributed by atoms with Crippen LogP contribution in [0.15, 0.2) is 16.7 Å². The van der Waals surface area contributed by atoms with Crippen molar-refractivity contribution < 1.29 is 0 Å². The van der Waals surface area contributed by atoms with Crippen molar-refractivity contribution in [3.63, 3.8) is 0 Å². The van der Waals surface area contributed by atoms with Crippen LogP contribution in [-0.2, 0) is 0 Å². The highest BCUT2D eigenvalue weighted by molar-refractivity contribution is 9.10. The second-order valence-electron chi connectivity index (χ2n) is 4.60. The Bertz CT molecular complexity index is 367. The molecule has 3 N–H and O–H groups in total. The van der Waals surface area contributed by atoms with Crippen molar-refractivity contribution in [2.75, 3.05) is 11.1 Å². The van der Waals surface area contributed by atoms with E-state index in [9.17, 15) is 0 Å². The van der Waals surface area contributed by atoms with E-state index in [0.717, 1.165) is 10.3 Å². The molecule has 1 aliphatic rings. The molecule has 0 saturated heterocycles. The molecule has 3 nitrogen and oxygen atoms in total. The fourth-order valence-electron chi connectivity index (χ4n) is 2.28. The van der Waals surface area contributed by atoms with Gasteiger partial charge in [-0.05, 0) is 40.8 Å². The first-order chi connectivity index (χ1) is 7.66. The van der Waals surface area contributed by atoms with Crippen molar-refractivity contribution in [1.82, 2.24) is 4.98 Å². The van der Waals surface area contributed by atoms with Crippen molar-refractivity contribution in [3.05, 3.63) is 16.7 Å². The molecule has 1 fully saturated rings. The number of hydrogen-bond donors (Lipinski definition) is 2. The zero-order valence-electron chi connectivity index (χ0n) is 9.54. The third-order valence-corrected chi connectivity index (χ3v) is 3.75. The lowest BCUT2D eigenvalue weighted by Gasteiger charge is -2.30. The van der Waals surface area contributed by atoms with E-state index < -0.39 is 0 Å². The highest BCUT2D eigenvalue weighted by Crippen LogP contribution is 2.28. The molecule has 1 aliphatic carbocycles. The molecule has 1 heterocycles. The van der Waals surface area contributed by atoms with Gasteiger partial charge in [0.25, 0.3) is 0 Å². The van der Waals surface area contributed by atoms with Crippen molar-refractivity contribution in [2.45, 2.75) is 38.6 Å². The van der Waals surface area contributed by atoms with Gasteiger partial charge >= 0.3 is 0 Å². The standard InChI is InChI=1S/C12H18BrN3/c1-8-4-2-3-5-11(8)16-12-10(14)6-9(13)7-15-12/h6-8,11H,2-5,14H2,1H3,(H,15,16). The van der Waals surface area contributed by atoms with Crippen LogP contribution in [0.3, 0.4) is 0 Å². The monoisotopic (exact) mass is 283 g/mol. The molecule has 2 atom stereocenters. The molecule has 0 spiro atoms. The number of halogens is 1. The molecule has 1 saturated carbocycles. The molecule has 16 heavy (non-hydrogen) atoms. The summed E-state index contributed by atoms with van der Waals surface area (Å²) in [6.45, 7) is 2.30. The molecular weight excluding hydrogens is 266 g/mol. The third kappa shape index (κ3) is 2.67. The van der Waals surface area contributed by atoms with E-state index in [2.05, 4.69) is 33.2 Å². The number of nitrogen functional groups attached to an aromatic ring is 1. The van der Waals surface area contributed by atoms with E-state index in [0.29, 0.717) is 17.6 Å². The van der Waals surface area contributed by atoms with Gasteiger partial charge < -0.3 is 11.1 Å². The van der Waals surface area contributed by atoms with Crippen LogP contribution in [0.25, 0.3) is 0 Å². The maximum absolute atomic E-state index is 5.93. The van der Waals surface area contributed by atoms with Crippen LogP contribution >= 0.6 is 15.9 Å². The number of nitrogens with one attached hydrogen (secondary N) is 1. The fraction of sp³-hybridized carbons (Fsp3) is 0.583. The van der Waals surface area contributed by atoms with Gasteiger partial charge in [-0.3, -0.25) is 0 Å². The Kier molecular flexibility index (Phi) is 3.69. The van der Waals surface area contributed by atoms with Gasteiger partial charge in [-0.2, -0.15) is 0 Å². The number of pyridine rings is 1.